The predicted octanol–water partition coefficient (Wildman–Crippen LogP) is 5.54. The lowest BCUT2D eigenvalue weighted by molar-refractivity contribution is -0.121. The Morgan fingerprint density at radius 3 is 2.34 bits per heavy atom. The van der Waals surface area contributed by atoms with Crippen molar-refractivity contribution in [2.45, 2.75) is 78.7 Å². The molecule has 2 aromatic rings. The summed E-state index contributed by atoms with van der Waals surface area (Å²) in [7, 11) is 0. The summed E-state index contributed by atoms with van der Waals surface area (Å²) in [5.41, 5.74) is 4.08. The number of nitrogens with one attached hydrogen (secondary N) is 1. The number of carbonyl (C=O) groups excluding carboxylic acids is 1. The summed E-state index contributed by atoms with van der Waals surface area (Å²) in [6.07, 6.45) is 3.32. The first-order chi connectivity index (χ1) is 14.9. The molecule has 5 heteroatoms. The van der Waals surface area contributed by atoms with Gasteiger partial charge in [0.05, 0.1) is 0 Å². The van der Waals surface area contributed by atoms with E-state index in [1.807, 2.05) is 19.1 Å². The minimum Gasteiger partial charge on any atom is -0.507 e. The van der Waals surface area contributed by atoms with Gasteiger partial charge in [0.25, 0.3) is 0 Å². The van der Waals surface area contributed by atoms with E-state index in [9.17, 15) is 9.90 Å². The molecule has 1 aliphatic heterocycles. The van der Waals surface area contributed by atoms with Gasteiger partial charge in [-0.2, -0.15) is 0 Å². The highest BCUT2D eigenvalue weighted by molar-refractivity contribution is 5.92. The first-order valence-electron chi connectivity index (χ1n) is 11.7. The summed E-state index contributed by atoms with van der Waals surface area (Å²) in [5, 5.41) is 14.1. The smallest absolute Gasteiger partial charge is 0.228 e. The summed E-state index contributed by atoms with van der Waals surface area (Å²) in [6, 6.07) is 8.15. The van der Waals surface area contributed by atoms with Crippen LogP contribution in [0.3, 0.4) is 0 Å². The number of phenols is 1. The van der Waals surface area contributed by atoms with Crippen LogP contribution < -0.4 is 5.32 Å². The molecule has 5 nitrogen and oxygen atoms in total. The molecule has 2 heterocycles. The van der Waals surface area contributed by atoms with Crippen LogP contribution >= 0.6 is 0 Å². The van der Waals surface area contributed by atoms with Crippen molar-refractivity contribution in [2.75, 3.05) is 18.4 Å². The average molecular weight is 438 g/mol. The normalized spacial score (nSPS) is 16.2. The monoisotopic (exact) mass is 437 g/mol. The van der Waals surface area contributed by atoms with Crippen molar-refractivity contribution in [1.82, 2.24) is 9.88 Å². The number of carbonyl (C=O) groups is 1. The molecule has 2 N–H and O–H groups in total. The van der Waals surface area contributed by atoms with Crippen LogP contribution in [0.25, 0.3) is 0 Å². The molecule has 1 aliphatic rings. The van der Waals surface area contributed by atoms with E-state index in [0.717, 1.165) is 42.6 Å². The van der Waals surface area contributed by atoms with Crippen LogP contribution in [0.5, 0.6) is 5.75 Å². The number of nitrogens with zero attached hydrogens (tertiary/aromatic N) is 2. The quantitative estimate of drug-likeness (QED) is 0.659. The van der Waals surface area contributed by atoms with Crippen molar-refractivity contribution in [3.63, 3.8) is 0 Å². The second-order valence-electron chi connectivity index (χ2n) is 11.2. The van der Waals surface area contributed by atoms with Crippen LogP contribution in [0, 0.1) is 12.8 Å². The fraction of sp³-hybridized carbons (Fsp3) is 0.556. The van der Waals surface area contributed by atoms with E-state index in [2.05, 4.69) is 68.9 Å². The molecule has 1 aromatic carbocycles. The highest BCUT2D eigenvalue weighted by atomic mass is 16.3. The Hall–Kier alpha value is -2.40. The van der Waals surface area contributed by atoms with Gasteiger partial charge >= 0.3 is 0 Å². The van der Waals surface area contributed by atoms with Crippen molar-refractivity contribution in [3.05, 3.63) is 52.7 Å². The minimum absolute atomic E-state index is 0.00713. The molecule has 1 saturated heterocycles. The average Bonchev–Trinajstić information content (AvgIpc) is 2.70. The Labute approximate surface area is 193 Å². The van der Waals surface area contributed by atoms with Gasteiger partial charge in [-0.15, -0.1) is 0 Å². The van der Waals surface area contributed by atoms with Gasteiger partial charge in [-0.1, -0.05) is 59.7 Å². The van der Waals surface area contributed by atoms with Crippen LogP contribution in [-0.4, -0.2) is 34.0 Å². The summed E-state index contributed by atoms with van der Waals surface area (Å²) < 4.78 is 0. The van der Waals surface area contributed by atoms with E-state index in [0.29, 0.717) is 18.1 Å². The number of pyridine rings is 1. The van der Waals surface area contributed by atoms with E-state index in [1.54, 1.807) is 6.20 Å². The highest BCUT2D eigenvalue weighted by Crippen LogP contribution is 2.38. The van der Waals surface area contributed by atoms with Gasteiger partial charge in [0.1, 0.15) is 11.6 Å². The summed E-state index contributed by atoms with van der Waals surface area (Å²) in [4.78, 5) is 19.4. The molecule has 0 aliphatic carbocycles. The molecule has 0 bridgehead atoms. The van der Waals surface area contributed by atoms with Gasteiger partial charge < -0.3 is 10.4 Å². The lowest BCUT2D eigenvalue weighted by Gasteiger charge is -2.33. The fourth-order valence-corrected chi connectivity index (χ4v) is 4.25. The van der Waals surface area contributed by atoms with Crippen LogP contribution in [0.1, 0.15) is 76.6 Å². The second-order valence-corrected chi connectivity index (χ2v) is 11.2. The minimum atomic E-state index is -0.130. The maximum atomic E-state index is 12.7. The molecule has 3 rings (SSSR count). The van der Waals surface area contributed by atoms with Gasteiger partial charge in [-0.05, 0) is 66.4 Å². The number of piperidine rings is 1. The number of likely N-dealkylation sites (tertiary alicyclic amines) is 1. The molecular formula is C27H39N3O2. The third kappa shape index (κ3) is 5.69. The predicted molar refractivity (Wildman–Crippen MR) is 131 cm³/mol. The number of phenolic OH excluding ortho intramolecular Hbond substituents is 1. The van der Waals surface area contributed by atoms with Gasteiger partial charge in [-0.25, -0.2) is 4.98 Å². The van der Waals surface area contributed by atoms with Crippen molar-refractivity contribution in [2.24, 2.45) is 5.92 Å². The molecule has 0 radical (unpaired) electrons. The third-order valence-electron chi connectivity index (χ3n) is 6.47. The SMILES string of the molecule is Cc1cccnc1NC(=O)C1CCN(Cc2cc(C(C)(C)C)cc(C(C)(C)C)c2O)CC1. The van der Waals surface area contributed by atoms with E-state index in [1.165, 1.54) is 5.56 Å². The number of aromatic nitrogens is 1. The number of aryl methyl sites for hydroxylation is 1. The van der Waals surface area contributed by atoms with E-state index in [4.69, 9.17) is 0 Å². The van der Waals surface area contributed by atoms with Crippen molar-refractivity contribution in [3.8, 4) is 5.75 Å². The van der Waals surface area contributed by atoms with Crippen molar-refractivity contribution >= 4 is 11.7 Å². The molecule has 1 amide bonds. The first-order valence-corrected chi connectivity index (χ1v) is 11.7. The van der Waals surface area contributed by atoms with E-state index >= 15 is 0 Å². The molecule has 0 spiro atoms. The summed E-state index contributed by atoms with van der Waals surface area (Å²) in [6.45, 7) is 17.4. The maximum absolute atomic E-state index is 12.7. The molecule has 32 heavy (non-hydrogen) atoms. The zero-order valence-corrected chi connectivity index (χ0v) is 20.7. The lowest BCUT2D eigenvalue weighted by Crippen LogP contribution is -2.38. The second kappa shape index (κ2) is 9.22. The Balaban J connectivity index is 1.69. The lowest BCUT2D eigenvalue weighted by atomic mass is 9.79. The Morgan fingerprint density at radius 2 is 1.78 bits per heavy atom. The highest BCUT2D eigenvalue weighted by Gasteiger charge is 2.28. The standard InChI is InChI=1S/C27H39N3O2/c1-18-9-8-12-28-24(18)29-25(32)19-10-13-30(14-11-19)17-20-15-21(26(2,3)4)16-22(23(20)31)27(5,6)7/h8-9,12,15-16,19,31H,10-11,13-14,17H2,1-7H3,(H,28,29,32). The van der Waals surface area contributed by atoms with Gasteiger partial charge in [0.2, 0.25) is 5.91 Å². The third-order valence-corrected chi connectivity index (χ3v) is 6.47. The Morgan fingerprint density at radius 1 is 1.12 bits per heavy atom. The number of hydrogen-bond acceptors (Lipinski definition) is 4. The zero-order valence-electron chi connectivity index (χ0n) is 20.7. The largest absolute Gasteiger partial charge is 0.507 e. The number of rotatable bonds is 4. The van der Waals surface area contributed by atoms with Gasteiger partial charge in [0.15, 0.2) is 0 Å². The molecule has 1 fully saturated rings. The van der Waals surface area contributed by atoms with Gasteiger partial charge in [-0.3, -0.25) is 9.69 Å². The number of hydrogen-bond donors (Lipinski definition) is 2. The summed E-state index contributed by atoms with van der Waals surface area (Å²) in [5.74, 6) is 1.11. The Bertz CT molecular complexity index is 962. The maximum Gasteiger partial charge on any atom is 0.228 e. The number of benzene rings is 1. The summed E-state index contributed by atoms with van der Waals surface area (Å²) >= 11 is 0. The zero-order chi connectivity index (χ0) is 23.7. The molecular weight excluding hydrogens is 398 g/mol. The molecule has 174 valence electrons. The molecule has 0 atom stereocenters. The van der Waals surface area contributed by atoms with Gasteiger partial charge in [0, 0.05) is 24.2 Å². The molecule has 0 saturated carbocycles. The molecule has 0 unspecified atom stereocenters. The van der Waals surface area contributed by atoms with Crippen LogP contribution in [0.15, 0.2) is 30.5 Å². The molecule has 1 aromatic heterocycles. The van der Waals surface area contributed by atoms with Crippen molar-refractivity contribution < 1.29 is 9.90 Å². The van der Waals surface area contributed by atoms with Crippen LogP contribution in [0.4, 0.5) is 5.82 Å². The fourth-order valence-electron chi connectivity index (χ4n) is 4.25. The number of aromatic hydroxyl groups is 1. The van der Waals surface area contributed by atoms with Crippen LogP contribution in [-0.2, 0) is 22.2 Å². The first kappa shape index (κ1) is 24.2. The van der Waals surface area contributed by atoms with E-state index < -0.39 is 0 Å². The number of amides is 1. The van der Waals surface area contributed by atoms with E-state index in [-0.39, 0.29) is 22.7 Å². The Kier molecular flexibility index (Phi) is 6.99. The number of anilines is 1. The topological polar surface area (TPSA) is 65.5 Å². The van der Waals surface area contributed by atoms with Crippen molar-refractivity contribution in [1.29, 1.82) is 0 Å². The van der Waals surface area contributed by atoms with Crippen LogP contribution in [0.2, 0.25) is 0 Å².